The molecule has 8 heteroatoms. The topological polar surface area (TPSA) is 32.3 Å². The molecule has 21 heavy (non-hydrogen) atoms. The van der Waals surface area contributed by atoms with Gasteiger partial charge in [0.15, 0.2) is 0 Å². The summed E-state index contributed by atoms with van der Waals surface area (Å²) in [6.07, 6.45) is -10.0. The second-order valence-corrected chi connectivity index (χ2v) is 4.56. The van der Waals surface area contributed by atoms with Crippen molar-refractivity contribution >= 4 is 5.69 Å². The van der Waals surface area contributed by atoms with Gasteiger partial charge in [-0.1, -0.05) is 25.5 Å². The minimum absolute atomic E-state index is 0.388. The van der Waals surface area contributed by atoms with Crippen molar-refractivity contribution in [2.24, 2.45) is 0 Å². The summed E-state index contributed by atoms with van der Waals surface area (Å²) in [7, 11) is 0. The quantitative estimate of drug-likeness (QED) is 0.630. The van der Waals surface area contributed by atoms with Gasteiger partial charge < -0.3 is 10.4 Å². The number of halogens is 6. The van der Waals surface area contributed by atoms with Crippen LogP contribution in [0.4, 0.5) is 32.0 Å². The third-order valence-electron chi connectivity index (χ3n) is 2.98. The van der Waals surface area contributed by atoms with E-state index in [0.29, 0.717) is 24.4 Å². The Kier molecular flexibility index (Phi) is 5.14. The molecule has 0 spiro atoms. The summed E-state index contributed by atoms with van der Waals surface area (Å²) in [5.41, 5.74) is -5.75. The van der Waals surface area contributed by atoms with Crippen molar-refractivity contribution in [3.63, 3.8) is 0 Å². The average Bonchev–Trinajstić information content (AvgIpc) is 2.36. The van der Waals surface area contributed by atoms with Crippen molar-refractivity contribution in [3.8, 4) is 0 Å². The Morgan fingerprint density at radius 2 is 1.43 bits per heavy atom. The zero-order chi connectivity index (χ0) is 16.3. The first-order valence-corrected chi connectivity index (χ1v) is 6.24. The van der Waals surface area contributed by atoms with E-state index in [0.717, 1.165) is 25.0 Å². The number of nitrogens with one attached hydrogen (secondary N) is 1. The van der Waals surface area contributed by atoms with E-state index in [2.05, 4.69) is 5.32 Å². The largest absolute Gasteiger partial charge is 0.430 e. The van der Waals surface area contributed by atoms with E-state index in [1.807, 2.05) is 6.92 Å². The van der Waals surface area contributed by atoms with E-state index < -0.39 is 23.5 Å². The van der Waals surface area contributed by atoms with Crippen molar-refractivity contribution < 1.29 is 31.4 Å². The van der Waals surface area contributed by atoms with Gasteiger partial charge in [0.1, 0.15) is 0 Å². The number of alkyl halides is 6. The number of benzene rings is 1. The predicted molar refractivity (Wildman–Crippen MR) is 65.8 cm³/mol. The van der Waals surface area contributed by atoms with Gasteiger partial charge >= 0.3 is 12.4 Å². The highest BCUT2D eigenvalue weighted by Gasteiger charge is 2.71. The van der Waals surface area contributed by atoms with Gasteiger partial charge in [0, 0.05) is 17.8 Å². The molecule has 0 amide bonds. The number of unbranched alkanes of at least 4 members (excludes halogenated alkanes) is 1. The molecule has 120 valence electrons. The Morgan fingerprint density at radius 3 is 1.81 bits per heavy atom. The second-order valence-electron chi connectivity index (χ2n) is 4.56. The normalized spacial score (nSPS) is 13.3. The molecular weight excluding hydrogens is 300 g/mol. The van der Waals surface area contributed by atoms with Crippen LogP contribution in [0, 0.1) is 0 Å². The van der Waals surface area contributed by atoms with Crippen molar-refractivity contribution in [2.45, 2.75) is 37.7 Å². The maximum absolute atomic E-state index is 12.6. The lowest BCUT2D eigenvalue weighted by molar-refractivity contribution is -0.376. The summed E-state index contributed by atoms with van der Waals surface area (Å²) in [6, 6.07) is 3.39. The summed E-state index contributed by atoms with van der Waals surface area (Å²) >= 11 is 0. The monoisotopic (exact) mass is 315 g/mol. The second kappa shape index (κ2) is 6.13. The minimum atomic E-state index is -5.86. The predicted octanol–water partition coefficient (Wildman–Crippen LogP) is 4.21. The highest BCUT2D eigenvalue weighted by molar-refractivity contribution is 5.46. The van der Waals surface area contributed by atoms with Crippen LogP contribution < -0.4 is 5.32 Å². The highest BCUT2D eigenvalue weighted by Crippen LogP contribution is 2.50. The highest BCUT2D eigenvalue weighted by atomic mass is 19.4. The molecule has 0 saturated carbocycles. The average molecular weight is 315 g/mol. The lowest BCUT2D eigenvalue weighted by Gasteiger charge is -2.32. The van der Waals surface area contributed by atoms with Crippen LogP contribution in [0.2, 0.25) is 0 Å². The smallest absolute Gasteiger partial charge is 0.385 e. The standard InChI is InChI=1S/C13H15F6NO/c1-2-3-8-20-10-6-4-9(5-7-10)11(21,12(14,15)16)13(17,18)19/h4-7,20-21H,2-3,8H2,1H3. The van der Waals surface area contributed by atoms with Crippen LogP contribution in [0.1, 0.15) is 25.3 Å². The van der Waals surface area contributed by atoms with Crippen LogP contribution in [0.25, 0.3) is 0 Å². The molecule has 1 rings (SSSR count). The molecule has 0 aromatic heterocycles. The van der Waals surface area contributed by atoms with Gasteiger partial charge in [-0.2, -0.15) is 26.3 Å². The number of hydrogen-bond acceptors (Lipinski definition) is 2. The van der Waals surface area contributed by atoms with Crippen molar-refractivity contribution in [1.82, 2.24) is 0 Å². The van der Waals surface area contributed by atoms with Crippen molar-refractivity contribution in [2.75, 3.05) is 11.9 Å². The van der Waals surface area contributed by atoms with E-state index in [-0.39, 0.29) is 0 Å². The minimum Gasteiger partial charge on any atom is -0.385 e. The molecule has 0 unspecified atom stereocenters. The lowest BCUT2D eigenvalue weighted by Crippen LogP contribution is -2.53. The molecule has 0 bridgehead atoms. The number of hydrogen-bond donors (Lipinski definition) is 2. The first kappa shape index (κ1) is 17.6. The first-order valence-electron chi connectivity index (χ1n) is 6.24. The molecule has 1 aromatic rings. The molecule has 0 fully saturated rings. The summed E-state index contributed by atoms with van der Waals surface area (Å²) in [6.45, 7) is 2.50. The van der Waals surface area contributed by atoms with Crippen LogP contribution in [0.5, 0.6) is 0 Å². The lowest BCUT2D eigenvalue weighted by atomic mass is 9.92. The van der Waals surface area contributed by atoms with Gasteiger partial charge in [0.2, 0.25) is 0 Å². The van der Waals surface area contributed by atoms with Gasteiger partial charge in [-0.15, -0.1) is 0 Å². The SMILES string of the molecule is CCCCNc1ccc(C(O)(C(F)(F)F)C(F)(F)F)cc1. The summed E-state index contributed by atoms with van der Waals surface area (Å²) in [5, 5.41) is 12.0. The summed E-state index contributed by atoms with van der Waals surface area (Å²) in [5.74, 6) is 0. The molecule has 0 aliphatic carbocycles. The molecule has 2 nitrogen and oxygen atoms in total. The van der Waals surface area contributed by atoms with E-state index >= 15 is 0 Å². The zero-order valence-electron chi connectivity index (χ0n) is 11.1. The molecule has 2 N–H and O–H groups in total. The first-order chi connectivity index (χ1) is 9.54. The van der Waals surface area contributed by atoms with Gasteiger partial charge in [-0.3, -0.25) is 0 Å². The Morgan fingerprint density at radius 1 is 0.952 bits per heavy atom. The van der Waals surface area contributed by atoms with Gasteiger partial charge in [0.25, 0.3) is 5.60 Å². The molecular formula is C13H15F6NO. The number of rotatable bonds is 5. The maximum Gasteiger partial charge on any atom is 0.430 e. The Balaban J connectivity index is 3.07. The van der Waals surface area contributed by atoms with Crippen LogP contribution in [-0.4, -0.2) is 24.0 Å². The zero-order valence-corrected chi connectivity index (χ0v) is 11.1. The molecule has 0 atom stereocenters. The molecule has 0 radical (unpaired) electrons. The van der Waals surface area contributed by atoms with Crippen LogP contribution >= 0.6 is 0 Å². The number of aliphatic hydroxyl groups is 1. The fraction of sp³-hybridized carbons (Fsp3) is 0.538. The molecule has 0 heterocycles. The number of anilines is 1. The van der Waals surface area contributed by atoms with E-state index in [4.69, 9.17) is 0 Å². The Bertz CT molecular complexity index is 437. The Hall–Kier alpha value is -1.44. The fourth-order valence-electron chi connectivity index (χ4n) is 1.73. The van der Waals surface area contributed by atoms with Crippen molar-refractivity contribution in [1.29, 1.82) is 0 Å². The third-order valence-corrected chi connectivity index (χ3v) is 2.98. The fourth-order valence-corrected chi connectivity index (χ4v) is 1.73. The van der Waals surface area contributed by atoms with Crippen LogP contribution in [0.15, 0.2) is 24.3 Å². The van der Waals surface area contributed by atoms with Gasteiger partial charge in [-0.25, -0.2) is 0 Å². The van der Waals surface area contributed by atoms with E-state index in [9.17, 15) is 31.4 Å². The molecule has 0 aliphatic heterocycles. The Labute approximate surface area is 117 Å². The van der Waals surface area contributed by atoms with Gasteiger partial charge in [0.05, 0.1) is 0 Å². The molecule has 0 aliphatic rings. The summed E-state index contributed by atoms with van der Waals surface area (Å²) < 4.78 is 75.9. The molecule has 1 aromatic carbocycles. The van der Waals surface area contributed by atoms with E-state index in [1.54, 1.807) is 0 Å². The molecule has 0 saturated heterocycles. The third kappa shape index (κ3) is 3.61. The van der Waals surface area contributed by atoms with Crippen molar-refractivity contribution in [3.05, 3.63) is 29.8 Å². The summed E-state index contributed by atoms with van der Waals surface area (Å²) in [4.78, 5) is 0. The van der Waals surface area contributed by atoms with Crippen LogP contribution in [-0.2, 0) is 5.60 Å². The van der Waals surface area contributed by atoms with Gasteiger partial charge in [-0.05, 0) is 18.6 Å². The van der Waals surface area contributed by atoms with Crippen LogP contribution in [0.3, 0.4) is 0 Å². The van der Waals surface area contributed by atoms with E-state index in [1.165, 1.54) is 0 Å². The maximum atomic E-state index is 12.6.